The molecule has 3 aromatic rings. The minimum atomic E-state index is 0.546. The molecule has 3 rings (SSSR count). The van der Waals surface area contributed by atoms with E-state index in [1.165, 1.54) is 5.56 Å². The van der Waals surface area contributed by atoms with Gasteiger partial charge in [-0.15, -0.1) is 11.6 Å². The minimum Gasteiger partial charge on any atom is -0.294 e. The fraction of sp³-hybridized carbons (Fsp3) is 0.188. The first-order valence-electron chi connectivity index (χ1n) is 6.60. The Labute approximate surface area is 145 Å². The van der Waals surface area contributed by atoms with Gasteiger partial charge in [0.2, 0.25) is 0 Å². The number of imidazole rings is 1. The third-order valence-corrected chi connectivity index (χ3v) is 4.90. The Morgan fingerprint density at radius 1 is 1.10 bits per heavy atom. The molecule has 1 aromatic heterocycles. The standard InChI is InChI=1S/C16H13Br2ClN2/c1-10-4-2-7-13-15(10)21(14(20-13)8-9-19)16-11(17)5-3-6-12(16)18/h2-7H,8-9H2,1H3. The van der Waals surface area contributed by atoms with Crippen LogP contribution in [0.2, 0.25) is 0 Å². The lowest BCUT2D eigenvalue weighted by molar-refractivity contribution is 0.905. The molecule has 2 aromatic carbocycles. The lowest BCUT2D eigenvalue weighted by Gasteiger charge is -2.14. The number of halogens is 3. The van der Waals surface area contributed by atoms with Crippen LogP contribution in [-0.2, 0) is 6.42 Å². The van der Waals surface area contributed by atoms with E-state index < -0.39 is 0 Å². The minimum absolute atomic E-state index is 0.546. The summed E-state index contributed by atoms with van der Waals surface area (Å²) in [6.07, 6.45) is 0.726. The van der Waals surface area contributed by atoms with E-state index in [1.807, 2.05) is 30.3 Å². The monoisotopic (exact) mass is 426 g/mol. The maximum atomic E-state index is 5.97. The first-order valence-corrected chi connectivity index (χ1v) is 8.73. The Morgan fingerprint density at radius 3 is 2.43 bits per heavy atom. The smallest absolute Gasteiger partial charge is 0.115 e. The number of benzene rings is 2. The molecule has 0 spiro atoms. The van der Waals surface area contributed by atoms with Gasteiger partial charge in [-0.25, -0.2) is 4.98 Å². The van der Waals surface area contributed by atoms with Crippen molar-refractivity contribution in [2.24, 2.45) is 0 Å². The molecule has 0 unspecified atom stereocenters. The fourth-order valence-corrected chi connectivity index (χ4v) is 4.06. The number of para-hydroxylation sites is 2. The molecule has 2 nitrogen and oxygen atoms in total. The van der Waals surface area contributed by atoms with Crippen LogP contribution >= 0.6 is 43.5 Å². The molecule has 0 saturated heterocycles. The second-order valence-corrected chi connectivity index (χ2v) is 6.90. The van der Waals surface area contributed by atoms with Gasteiger partial charge in [-0.05, 0) is 62.5 Å². The van der Waals surface area contributed by atoms with Crippen LogP contribution in [-0.4, -0.2) is 15.4 Å². The van der Waals surface area contributed by atoms with E-state index in [9.17, 15) is 0 Å². The van der Waals surface area contributed by atoms with E-state index in [0.29, 0.717) is 5.88 Å². The molecule has 0 N–H and O–H groups in total. The van der Waals surface area contributed by atoms with Crippen molar-refractivity contribution in [2.75, 3.05) is 5.88 Å². The predicted octanol–water partition coefficient (Wildman–Crippen LogP) is 5.64. The van der Waals surface area contributed by atoms with Gasteiger partial charge in [0.05, 0.1) is 16.7 Å². The molecule has 0 aliphatic rings. The molecule has 0 atom stereocenters. The topological polar surface area (TPSA) is 17.8 Å². The highest BCUT2D eigenvalue weighted by Gasteiger charge is 2.17. The summed E-state index contributed by atoms with van der Waals surface area (Å²) in [5, 5.41) is 0. The zero-order valence-corrected chi connectivity index (χ0v) is 15.3. The zero-order valence-electron chi connectivity index (χ0n) is 11.4. The number of alkyl halides is 1. The molecule has 0 aliphatic carbocycles. The van der Waals surface area contributed by atoms with Gasteiger partial charge in [-0.3, -0.25) is 4.57 Å². The van der Waals surface area contributed by atoms with Gasteiger partial charge in [0.1, 0.15) is 5.82 Å². The largest absolute Gasteiger partial charge is 0.294 e. The highest BCUT2D eigenvalue weighted by molar-refractivity contribution is 9.11. The van der Waals surface area contributed by atoms with Crippen LogP contribution in [0.5, 0.6) is 0 Å². The molecule has 21 heavy (non-hydrogen) atoms. The summed E-state index contributed by atoms with van der Waals surface area (Å²) < 4.78 is 4.24. The van der Waals surface area contributed by atoms with Crippen LogP contribution in [0.4, 0.5) is 0 Å². The van der Waals surface area contributed by atoms with Crippen molar-refractivity contribution in [3.63, 3.8) is 0 Å². The quantitative estimate of drug-likeness (QED) is 0.494. The van der Waals surface area contributed by atoms with E-state index in [4.69, 9.17) is 16.6 Å². The number of aryl methyl sites for hydroxylation is 2. The third-order valence-electron chi connectivity index (χ3n) is 3.43. The van der Waals surface area contributed by atoms with Crippen LogP contribution in [0.3, 0.4) is 0 Å². The van der Waals surface area contributed by atoms with Gasteiger partial charge in [0.15, 0.2) is 0 Å². The van der Waals surface area contributed by atoms with Crippen molar-refractivity contribution in [2.45, 2.75) is 13.3 Å². The van der Waals surface area contributed by atoms with E-state index in [0.717, 1.165) is 37.9 Å². The summed E-state index contributed by atoms with van der Waals surface area (Å²) in [5.74, 6) is 1.52. The van der Waals surface area contributed by atoms with Crippen molar-refractivity contribution in [1.29, 1.82) is 0 Å². The average molecular weight is 429 g/mol. The number of fused-ring (bicyclic) bond motifs is 1. The second-order valence-electron chi connectivity index (χ2n) is 4.82. The second kappa shape index (κ2) is 6.11. The van der Waals surface area contributed by atoms with Gasteiger partial charge in [0.25, 0.3) is 0 Å². The van der Waals surface area contributed by atoms with E-state index in [-0.39, 0.29) is 0 Å². The molecule has 108 valence electrons. The Kier molecular flexibility index (Phi) is 4.38. The van der Waals surface area contributed by atoms with Gasteiger partial charge in [-0.1, -0.05) is 18.2 Å². The van der Waals surface area contributed by atoms with Crippen LogP contribution in [0.1, 0.15) is 11.4 Å². The summed E-state index contributed by atoms with van der Waals surface area (Å²) in [7, 11) is 0. The van der Waals surface area contributed by atoms with Crippen molar-refractivity contribution in [1.82, 2.24) is 9.55 Å². The highest BCUT2D eigenvalue weighted by Crippen LogP contribution is 2.34. The van der Waals surface area contributed by atoms with E-state index >= 15 is 0 Å². The first kappa shape index (κ1) is 15.1. The summed E-state index contributed by atoms with van der Waals surface area (Å²) in [6, 6.07) is 12.3. The number of rotatable bonds is 3. The van der Waals surface area contributed by atoms with Crippen LogP contribution in [0, 0.1) is 6.92 Å². The summed E-state index contributed by atoms with van der Waals surface area (Å²) >= 11 is 13.3. The predicted molar refractivity (Wildman–Crippen MR) is 95.6 cm³/mol. The van der Waals surface area contributed by atoms with Gasteiger partial charge in [-0.2, -0.15) is 0 Å². The maximum absolute atomic E-state index is 5.97. The normalized spacial score (nSPS) is 11.2. The fourth-order valence-electron chi connectivity index (χ4n) is 2.54. The molecule has 0 saturated carbocycles. The average Bonchev–Trinajstić information content (AvgIpc) is 2.79. The molecule has 0 amide bonds. The van der Waals surface area contributed by atoms with Crippen molar-refractivity contribution in [3.05, 3.63) is 56.7 Å². The van der Waals surface area contributed by atoms with Crippen LogP contribution in [0.15, 0.2) is 45.3 Å². The molecule has 0 radical (unpaired) electrons. The molecule has 0 fully saturated rings. The highest BCUT2D eigenvalue weighted by atomic mass is 79.9. The zero-order chi connectivity index (χ0) is 15.0. The first-order chi connectivity index (χ1) is 10.1. The van der Waals surface area contributed by atoms with Gasteiger partial charge in [0, 0.05) is 21.2 Å². The number of aromatic nitrogens is 2. The Bertz CT molecular complexity index is 791. The van der Waals surface area contributed by atoms with Crippen molar-refractivity contribution in [3.8, 4) is 5.69 Å². The number of nitrogens with zero attached hydrogens (tertiary/aromatic N) is 2. The van der Waals surface area contributed by atoms with Gasteiger partial charge >= 0.3 is 0 Å². The molecule has 0 aliphatic heterocycles. The third kappa shape index (κ3) is 2.65. The molecular weight excluding hydrogens is 415 g/mol. The lowest BCUT2D eigenvalue weighted by atomic mass is 10.2. The Morgan fingerprint density at radius 2 is 1.76 bits per heavy atom. The van der Waals surface area contributed by atoms with Crippen molar-refractivity contribution < 1.29 is 0 Å². The molecule has 5 heteroatoms. The maximum Gasteiger partial charge on any atom is 0.115 e. The Hall–Kier alpha value is -0.840. The Balaban J connectivity index is 2.42. The summed E-state index contributed by atoms with van der Waals surface area (Å²) in [6.45, 7) is 2.11. The molecular formula is C16H13Br2ClN2. The van der Waals surface area contributed by atoms with Gasteiger partial charge < -0.3 is 0 Å². The molecule has 0 bridgehead atoms. The molecule has 1 heterocycles. The van der Waals surface area contributed by atoms with Crippen LogP contribution < -0.4 is 0 Å². The van der Waals surface area contributed by atoms with E-state index in [2.05, 4.69) is 49.4 Å². The number of hydrogen-bond acceptors (Lipinski definition) is 1. The lowest BCUT2D eigenvalue weighted by Crippen LogP contribution is -2.04. The number of hydrogen-bond donors (Lipinski definition) is 0. The van der Waals surface area contributed by atoms with Crippen molar-refractivity contribution >= 4 is 54.5 Å². The van der Waals surface area contributed by atoms with Crippen LogP contribution in [0.25, 0.3) is 16.7 Å². The summed E-state index contributed by atoms with van der Waals surface area (Å²) in [4.78, 5) is 4.76. The summed E-state index contributed by atoms with van der Waals surface area (Å²) in [5.41, 5.74) is 4.39. The van der Waals surface area contributed by atoms with E-state index in [1.54, 1.807) is 0 Å². The SMILES string of the molecule is Cc1cccc2nc(CCCl)n(-c3c(Br)cccc3Br)c12.